The monoisotopic (exact) mass is 210 g/mol. The van der Waals surface area contributed by atoms with Crippen LogP contribution in [0.4, 0.5) is 0 Å². The molecule has 1 aromatic rings. The van der Waals surface area contributed by atoms with Gasteiger partial charge in [-0.15, -0.1) is 0 Å². The van der Waals surface area contributed by atoms with Crippen molar-refractivity contribution in [1.82, 2.24) is 4.98 Å². The first-order chi connectivity index (χ1) is 7.36. The molecule has 0 bridgehead atoms. The van der Waals surface area contributed by atoms with Crippen molar-refractivity contribution in [3.05, 3.63) is 24.0 Å². The molecular formula is C11H18N2O2. The van der Waals surface area contributed by atoms with Gasteiger partial charge in [0, 0.05) is 13.2 Å². The van der Waals surface area contributed by atoms with E-state index in [9.17, 15) is 0 Å². The molecule has 0 unspecified atom stereocenters. The summed E-state index contributed by atoms with van der Waals surface area (Å²) in [5, 5.41) is 8.58. The third-order valence-corrected chi connectivity index (χ3v) is 2.08. The number of rotatable bonds is 7. The van der Waals surface area contributed by atoms with Gasteiger partial charge in [-0.2, -0.15) is 0 Å². The van der Waals surface area contributed by atoms with Crippen molar-refractivity contribution in [2.45, 2.75) is 25.8 Å². The molecule has 0 fully saturated rings. The minimum atomic E-state index is 0.257. The smallest absolute Gasteiger partial charge is 0.137 e. The zero-order valence-corrected chi connectivity index (χ0v) is 8.85. The van der Waals surface area contributed by atoms with Crippen LogP contribution in [0.1, 0.15) is 25.0 Å². The Balaban J connectivity index is 2.20. The van der Waals surface area contributed by atoms with Gasteiger partial charge in [-0.25, -0.2) is 0 Å². The maximum absolute atomic E-state index is 8.58. The zero-order valence-electron chi connectivity index (χ0n) is 8.85. The van der Waals surface area contributed by atoms with Crippen LogP contribution in [0.15, 0.2) is 18.3 Å². The molecule has 1 aromatic heterocycles. The molecule has 3 N–H and O–H groups in total. The van der Waals surface area contributed by atoms with Crippen molar-refractivity contribution >= 4 is 0 Å². The van der Waals surface area contributed by atoms with Gasteiger partial charge in [-0.1, -0.05) is 0 Å². The fourth-order valence-corrected chi connectivity index (χ4v) is 1.20. The second-order valence-corrected chi connectivity index (χ2v) is 3.32. The van der Waals surface area contributed by atoms with Gasteiger partial charge in [-0.3, -0.25) is 4.98 Å². The van der Waals surface area contributed by atoms with Gasteiger partial charge in [0.1, 0.15) is 5.75 Å². The Morgan fingerprint density at radius 2 is 2.13 bits per heavy atom. The Morgan fingerprint density at radius 1 is 1.27 bits per heavy atom. The van der Waals surface area contributed by atoms with Crippen molar-refractivity contribution in [2.75, 3.05) is 13.2 Å². The molecule has 4 nitrogen and oxygen atoms in total. The predicted molar refractivity (Wildman–Crippen MR) is 58.6 cm³/mol. The number of nitrogens with zero attached hydrogens (tertiary/aromatic N) is 1. The Hall–Kier alpha value is -1.13. The van der Waals surface area contributed by atoms with Crippen LogP contribution in [0.3, 0.4) is 0 Å². The van der Waals surface area contributed by atoms with Gasteiger partial charge in [0.05, 0.1) is 18.5 Å². The number of aliphatic hydroxyl groups excluding tert-OH is 1. The highest BCUT2D eigenvalue weighted by atomic mass is 16.5. The van der Waals surface area contributed by atoms with Gasteiger partial charge in [-0.05, 0) is 31.4 Å². The quantitative estimate of drug-likeness (QED) is 0.661. The minimum absolute atomic E-state index is 0.257. The average molecular weight is 210 g/mol. The van der Waals surface area contributed by atoms with Crippen LogP contribution in [0, 0.1) is 0 Å². The Kier molecular flexibility index (Phi) is 5.73. The summed E-state index contributed by atoms with van der Waals surface area (Å²) in [5.74, 6) is 0.774. The van der Waals surface area contributed by atoms with Crippen LogP contribution in [0.2, 0.25) is 0 Å². The lowest BCUT2D eigenvalue weighted by Gasteiger charge is -2.05. The molecule has 1 heterocycles. The van der Waals surface area contributed by atoms with Crippen molar-refractivity contribution in [1.29, 1.82) is 0 Å². The summed E-state index contributed by atoms with van der Waals surface area (Å²) in [7, 11) is 0. The highest BCUT2D eigenvalue weighted by molar-refractivity contribution is 5.19. The Labute approximate surface area is 90.1 Å². The summed E-state index contributed by atoms with van der Waals surface area (Å²) in [4.78, 5) is 4.12. The van der Waals surface area contributed by atoms with E-state index in [0.29, 0.717) is 13.2 Å². The van der Waals surface area contributed by atoms with E-state index in [4.69, 9.17) is 15.6 Å². The van der Waals surface area contributed by atoms with Gasteiger partial charge in [0.15, 0.2) is 0 Å². The number of hydrogen-bond donors (Lipinski definition) is 2. The molecule has 0 spiro atoms. The number of pyridine rings is 1. The summed E-state index contributed by atoms with van der Waals surface area (Å²) in [5.41, 5.74) is 6.29. The van der Waals surface area contributed by atoms with E-state index in [-0.39, 0.29) is 6.61 Å². The van der Waals surface area contributed by atoms with E-state index < -0.39 is 0 Å². The lowest BCUT2D eigenvalue weighted by molar-refractivity contribution is 0.266. The molecule has 1 rings (SSSR count). The molecule has 84 valence electrons. The van der Waals surface area contributed by atoms with Crippen molar-refractivity contribution in [3.8, 4) is 5.75 Å². The second-order valence-electron chi connectivity index (χ2n) is 3.32. The van der Waals surface area contributed by atoms with Gasteiger partial charge >= 0.3 is 0 Å². The third-order valence-electron chi connectivity index (χ3n) is 2.08. The summed E-state index contributed by atoms with van der Waals surface area (Å²) < 4.78 is 5.47. The minimum Gasteiger partial charge on any atom is -0.492 e. The number of ether oxygens (including phenoxy) is 1. The first kappa shape index (κ1) is 11.9. The highest BCUT2D eigenvalue weighted by Crippen LogP contribution is 2.09. The molecule has 0 radical (unpaired) electrons. The van der Waals surface area contributed by atoms with E-state index in [1.807, 2.05) is 12.1 Å². The van der Waals surface area contributed by atoms with Crippen LogP contribution in [0.5, 0.6) is 5.75 Å². The van der Waals surface area contributed by atoms with Crippen LogP contribution < -0.4 is 10.5 Å². The fourth-order valence-electron chi connectivity index (χ4n) is 1.20. The molecule has 0 amide bonds. The molecular weight excluding hydrogens is 192 g/mol. The first-order valence-corrected chi connectivity index (χ1v) is 5.25. The molecule has 0 saturated carbocycles. The zero-order chi connectivity index (χ0) is 10.9. The number of hydrogen-bond acceptors (Lipinski definition) is 4. The van der Waals surface area contributed by atoms with Crippen molar-refractivity contribution < 1.29 is 9.84 Å². The average Bonchev–Trinajstić information content (AvgIpc) is 2.30. The molecule has 4 heteroatoms. The number of aromatic nitrogens is 1. The Bertz CT molecular complexity index is 262. The Morgan fingerprint density at radius 3 is 2.73 bits per heavy atom. The summed E-state index contributed by atoms with van der Waals surface area (Å²) in [6, 6.07) is 3.74. The number of unbranched alkanes of at least 4 members (excludes halogenated alkanes) is 2. The topological polar surface area (TPSA) is 68.4 Å². The van der Waals surface area contributed by atoms with E-state index in [1.54, 1.807) is 6.20 Å². The fraction of sp³-hybridized carbons (Fsp3) is 0.545. The lowest BCUT2D eigenvalue weighted by Crippen LogP contribution is -2.01. The van der Waals surface area contributed by atoms with E-state index >= 15 is 0 Å². The molecule has 0 aliphatic carbocycles. The third kappa shape index (κ3) is 4.76. The van der Waals surface area contributed by atoms with Crippen LogP contribution >= 0.6 is 0 Å². The van der Waals surface area contributed by atoms with Crippen LogP contribution in [-0.4, -0.2) is 23.3 Å². The molecule has 0 aliphatic rings. The SMILES string of the molecule is NCc1ccc(OCCCCCO)cn1. The van der Waals surface area contributed by atoms with Crippen LogP contribution in [0.25, 0.3) is 0 Å². The maximum Gasteiger partial charge on any atom is 0.137 e. The van der Waals surface area contributed by atoms with Gasteiger partial charge in [0.2, 0.25) is 0 Å². The lowest BCUT2D eigenvalue weighted by atomic mass is 10.2. The maximum atomic E-state index is 8.58. The molecule has 0 atom stereocenters. The number of aliphatic hydroxyl groups is 1. The van der Waals surface area contributed by atoms with E-state index in [2.05, 4.69) is 4.98 Å². The van der Waals surface area contributed by atoms with Gasteiger partial charge < -0.3 is 15.6 Å². The second kappa shape index (κ2) is 7.20. The summed E-state index contributed by atoms with van der Waals surface area (Å²) in [6.45, 7) is 1.38. The highest BCUT2D eigenvalue weighted by Gasteiger charge is 1.95. The van der Waals surface area contributed by atoms with Crippen molar-refractivity contribution in [3.63, 3.8) is 0 Å². The standard InChI is InChI=1S/C11H18N2O2/c12-8-10-4-5-11(9-13-10)15-7-3-1-2-6-14/h4-5,9,14H,1-3,6-8,12H2. The molecule has 0 aromatic carbocycles. The predicted octanol–water partition coefficient (Wildman–Crippen LogP) is 1.08. The molecule has 0 saturated heterocycles. The molecule has 0 aliphatic heterocycles. The van der Waals surface area contributed by atoms with E-state index in [0.717, 1.165) is 30.7 Å². The van der Waals surface area contributed by atoms with Gasteiger partial charge in [0.25, 0.3) is 0 Å². The normalized spacial score (nSPS) is 10.3. The van der Waals surface area contributed by atoms with E-state index in [1.165, 1.54) is 0 Å². The number of nitrogens with two attached hydrogens (primary N) is 1. The largest absolute Gasteiger partial charge is 0.492 e. The first-order valence-electron chi connectivity index (χ1n) is 5.25. The molecule has 15 heavy (non-hydrogen) atoms. The summed E-state index contributed by atoms with van der Waals surface area (Å²) in [6.07, 6.45) is 4.48. The van der Waals surface area contributed by atoms with Crippen molar-refractivity contribution in [2.24, 2.45) is 5.73 Å². The van der Waals surface area contributed by atoms with Crippen LogP contribution in [-0.2, 0) is 6.54 Å². The summed E-state index contributed by atoms with van der Waals surface area (Å²) >= 11 is 0.